The molecule has 0 spiro atoms. The Bertz CT molecular complexity index is 602. The molecule has 25 heavy (non-hydrogen) atoms. The molecule has 1 N–H and O–H groups in total. The molecule has 0 aliphatic carbocycles. The van der Waals surface area contributed by atoms with E-state index in [2.05, 4.69) is 5.32 Å². The van der Waals surface area contributed by atoms with E-state index in [1.165, 1.54) is 0 Å². The lowest BCUT2D eigenvalue weighted by Gasteiger charge is -2.33. The molecular formula is C13H18F6N2O3S. The van der Waals surface area contributed by atoms with Gasteiger partial charge in [0, 0.05) is 13.1 Å². The molecule has 2 fully saturated rings. The molecular weight excluding hydrogens is 378 g/mol. The molecule has 1 unspecified atom stereocenters. The molecule has 2 aliphatic heterocycles. The van der Waals surface area contributed by atoms with Crippen molar-refractivity contribution in [2.75, 3.05) is 37.7 Å². The second kappa shape index (κ2) is 6.60. The maximum absolute atomic E-state index is 12.9. The zero-order valence-corrected chi connectivity index (χ0v) is 13.9. The Morgan fingerprint density at radius 1 is 1.16 bits per heavy atom. The Hall–Kier alpha value is -1.04. The first-order chi connectivity index (χ1) is 11.3. The fraction of sp³-hybridized carbons (Fsp3) is 0.923. The fourth-order valence-corrected chi connectivity index (χ4v) is 5.06. The predicted molar refractivity (Wildman–Crippen MR) is 75.4 cm³/mol. The minimum Gasteiger partial charge on any atom is -0.355 e. The summed E-state index contributed by atoms with van der Waals surface area (Å²) >= 11 is 0. The van der Waals surface area contributed by atoms with Crippen LogP contribution in [0.15, 0.2) is 0 Å². The summed E-state index contributed by atoms with van der Waals surface area (Å²) in [6, 6.07) is 0. The van der Waals surface area contributed by atoms with Gasteiger partial charge in [-0.25, -0.2) is 8.42 Å². The molecule has 0 aromatic carbocycles. The lowest BCUT2D eigenvalue weighted by Crippen LogP contribution is -2.52. The van der Waals surface area contributed by atoms with E-state index in [-0.39, 0.29) is 24.0 Å². The summed E-state index contributed by atoms with van der Waals surface area (Å²) in [5.41, 5.74) is -3.82. The molecule has 2 heterocycles. The van der Waals surface area contributed by atoms with Crippen LogP contribution >= 0.6 is 0 Å². The van der Waals surface area contributed by atoms with Crippen molar-refractivity contribution in [1.82, 2.24) is 10.2 Å². The van der Waals surface area contributed by atoms with Crippen LogP contribution in [-0.4, -0.2) is 69.3 Å². The monoisotopic (exact) mass is 396 g/mol. The standard InChI is InChI=1S/C13H18F6N2O3S/c14-12(15,16)11(13(17,18)19)2-3-21(8-11)6-10(22)20-5-9-1-4-25(23,24)7-9/h9H,1-8H2,(H,20,22). The summed E-state index contributed by atoms with van der Waals surface area (Å²) in [5.74, 6) is -1.07. The normalized spacial score (nSPS) is 26.7. The Labute approximate surface area is 140 Å². The van der Waals surface area contributed by atoms with Crippen molar-refractivity contribution in [1.29, 1.82) is 0 Å². The van der Waals surface area contributed by atoms with Gasteiger partial charge in [0.15, 0.2) is 15.3 Å². The van der Waals surface area contributed by atoms with Crippen LogP contribution in [-0.2, 0) is 14.6 Å². The third kappa shape index (κ3) is 4.39. The highest BCUT2D eigenvalue weighted by atomic mass is 32.2. The van der Waals surface area contributed by atoms with Gasteiger partial charge in [-0.05, 0) is 25.3 Å². The van der Waals surface area contributed by atoms with Crippen molar-refractivity contribution in [3.8, 4) is 0 Å². The predicted octanol–water partition coefficient (Wildman–Crippen LogP) is 1.35. The van der Waals surface area contributed by atoms with Gasteiger partial charge in [0.2, 0.25) is 5.91 Å². The molecule has 2 saturated heterocycles. The van der Waals surface area contributed by atoms with Gasteiger partial charge in [-0.1, -0.05) is 0 Å². The van der Waals surface area contributed by atoms with Crippen molar-refractivity contribution in [3.05, 3.63) is 0 Å². The van der Waals surface area contributed by atoms with E-state index in [0.29, 0.717) is 6.42 Å². The zero-order chi connectivity index (χ0) is 19.1. The van der Waals surface area contributed by atoms with E-state index >= 15 is 0 Å². The van der Waals surface area contributed by atoms with Gasteiger partial charge in [0.05, 0.1) is 18.1 Å². The van der Waals surface area contributed by atoms with E-state index in [9.17, 15) is 39.6 Å². The number of hydrogen-bond donors (Lipinski definition) is 1. The molecule has 5 nitrogen and oxygen atoms in total. The summed E-state index contributed by atoms with van der Waals surface area (Å²) in [6.07, 6.45) is -11.7. The van der Waals surface area contributed by atoms with Gasteiger partial charge in [-0.3, -0.25) is 9.69 Å². The SMILES string of the molecule is O=C(CN1CCC(C(F)(F)F)(C(F)(F)F)C1)NCC1CCS(=O)(=O)C1. The Kier molecular flexibility index (Phi) is 5.35. The molecule has 0 aromatic rings. The quantitative estimate of drug-likeness (QED) is 0.729. The minimum absolute atomic E-state index is 0.0132. The van der Waals surface area contributed by atoms with E-state index in [1.54, 1.807) is 0 Å². The number of sulfone groups is 1. The average Bonchev–Trinajstić information content (AvgIpc) is 2.99. The average molecular weight is 396 g/mol. The number of hydrogen-bond acceptors (Lipinski definition) is 4. The largest absolute Gasteiger partial charge is 0.404 e. The van der Waals surface area contributed by atoms with Crippen molar-refractivity contribution in [3.63, 3.8) is 0 Å². The second-order valence-electron chi connectivity index (χ2n) is 6.61. The molecule has 0 saturated carbocycles. The van der Waals surface area contributed by atoms with Crippen molar-refractivity contribution >= 4 is 15.7 Å². The second-order valence-corrected chi connectivity index (χ2v) is 8.84. The first-order valence-corrected chi connectivity index (χ1v) is 9.41. The van der Waals surface area contributed by atoms with E-state index < -0.39 is 59.6 Å². The first kappa shape index (κ1) is 20.3. The molecule has 0 aromatic heterocycles. The summed E-state index contributed by atoms with van der Waals surface area (Å²) < 4.78 is 100. The number of nitrogens with zero attached hydrogens (tertiary/aromatic N) is 1. The molecule has 12 heteroatoms. The first-order valence-electron chi connectivity index (χ1n) is 7.59. The third-order valence-electron chi connectivity index (χ3n) is 4.72. The molecule has 1 amide bonds. The lowest BCUT2D eigenvalue weighted by molar-refractivity contribution is -0.335. The summed E-state index contributed by atoms with van der Waals surface area (Å²) in [7, 11) is -3.13. The Morgan fingerprint density at radius 2 is 1.76 bits per heavy atom. The summed E-state index contributed by atoms with van der Waals surface area (Å²) in [4.78, 5) is 12.6. The number of nitrogens with one attached hydrogen (secondary N) is 1. The highest BCUT2D eigenvalue weighted by molar-refractivity contribution is 7.91. The Balaban J connectivity index is 1.88. The van der Waals surface area contributed by atoms with Gasteiger partial charge in [0.25, 0.3) is 0 Å². The molecule has 146 valence electrons. The number of halogens is 6. The van der Waals surface area contributed by atoms with Gasteiger partial charge in [0.1, 0.15) is 0 Å². The van der Waals surface area contributed by atoms with Crippen LogP contribution in [0.1, 0.15) is 12.8 Å². The van der Waals surface area contributed by atoms with Crippen LogP contribution in [0, 0.1) is 11.3 Å². The van der Waals surface area contributed by atoms with Crippen LogP contribution in [0.5, 0.6) is 0 Å². The molecule has 1 atom stereocenters. The smallest absolute Gasteiger partial charge is 0.355 e. The number of rotatable bonds is 4. The van der Waals surface area contributed by atoms with Crippen LogP contribution in [0.4, 0.5) is 26.3 Å². The highest BCUT2D eigenvalue weighted by Crippen LogP contribution is 2.55. The molecule has 2 aliphatic rings. The number of amides is 1. The van der Waals surface area contributed by atoms with Gasteiger partial charge >= 0.3 is 12.4 Å². The van der Waals surface area contributed by atoms with Crippen molar-refractivity contribution in [2.24, 2.45) is 11.3 Å². The van der Waals surface area contributed by atoms with Gasteiger partial charge < -0.3 is 5.32 Å². The van der Waals surface area contributed by atoms with Crippen LogP contribution in [0.2, 0.25) is 0 Å². The van der Waals surface area contributed by atoms with Crippen molar-refractivity contribution in [2.45, 2.75) is 25.2 Å². The number of carbonyl (C=O) groups is 1. The number of alkyl halides is 6. The maximum Gasteiger partial charge on any atom is 0.404 e. The van der Waals surface area contributed by atoms with Gasteiger partial charge in [-0.15, -0.1) is 0 Å². The lowest BCUT2D eigenvalue weighted by atomic mass is 9.85. The molecule has 2 rings (SSSR count). The van der Waals surface area contributed by atoms with E-state index in [1.807, 2.05) is 0 Å². The summed E-state index contributed by atoms with van der Waals surface area (Å²) in [5, 5.41) is 2.39. The maximum atomic E-state index is 12.9. The van der Waals surface area contributed by atoms with Crippen LogP contribution < -0.4 is 5.32 Å². The Morgan fingerprint density at radius 3 is 2.20 bits per heavy atom. The van der Waals surface area contributed by atoms with E-state index in [0.717, 1.165) is 4.90 Å². The third-order valence-corrected chi connectivity index (χ3v) is 6.55. The topological polar surface area (TPSA) is 66.5 Å². The number of carbonyl (C=O) groups excluding carboxylic acids is 1. The van der Waals surface area contributed by atoms with Gasteiger partial charge in [-0.2, -0.15) is 26.3 Å². The van der Waals surface area contributed by atoms with E-state index in [4.69, 9.17) is 0 Å². The zero-order valence-electron chi connectivity index (χ0n) is 13.1. The van der Waals surface area contributed by atoms with Crippen LogP contribution in [0.3, 0.4) is 0 Å². The highest BCUT2D eigenvalue weighted by Gasteiger charge is 2.72. The van der Waals surface area contributed by atoms with Crippen molar-refractivity contribution < 1.29 is 39.6 Å². The fourth-order valence-electron chi connectivity index (χ4n) is 3.20. The molecule has 0 radical (unpaired) electrons. The summed E-state index contributed by atoms with van der Waals surface area (Å²) in [6.45, 7) is -2.36. The molecule has 0 bridgehead atoms. The van der Waals surface area contributed by atoms with Crippen LogP contribution in [0.25, 0.3) is 0 Å². The minimum atomic E-state index is -5.45. The number of likely N-dealkylation sites (tertiary alicyclic amines) is 1.